The van der Waals surface area contributed by atoms with Crippen molar-refractivity contribution in [2.45, 2.75) is 19.4 Å². The van der Waals surface area contributed by atoms with E-state index in [0.717, 1.165) is 22.4 Å². The van der Waals surface area contributed by atoms with Crippen molar-refractivity contribution in [2.75, 3.05) is 0 Å². The van der Waals surface area contributed by atoms with E-state index in [2.05, 4.69) is 15.1 Å². The number of rotatable bonds is 3. The molecule has 1 aliphatic rings. The minimum atomic E-state index is -0.287. The van der Waals surface area contributed by atoms with Gasteiger partial charge < -0.3 is 4.74 Å². The summed E-state index contributed by atoms with van der Waals surface area (Å²) >= 11 is 6.18. The fraction of sp³-hybridized carbons (Fsp3) is 0.136. The Hall–Kier alpha value is -3.25. The topological polar surface area (TPSA) is 52.8 Å². The van der Waals surface area contributed by atoms with Gasteiger partial charge in [-0.3, -0.25) is 0 Å². The first-order valence-corrected chi connectivity index (χ1v) is 9.58. The van der Waals surface area contributed by atoms with Crippen molar-refractivity contribution < 1.29 is 9.13 Å². The van der Waals surface area contributed by atoms with Crippen LogP contribution in [0.25, 0.3) is 16.6 Å². The van der Waals surface area contributed by atoms with Gasteiger partial charge in [-0.1, -0.05) is 41.9 Å². The Labute approximate surface area is 171 Å². The second-order valence-corrected chi connectivity index (χ2v) is 7.26. The van der Waals surface area contributed by atoms with Gasteiger partial charge in [-0.25, -0.2) is 19.0 Å². The summed E-state index contributed by atoms with van der Waals surface area (Å²) in [6.45, 7) is 1.98. The maximum Gasteiger partial charge on any atom is 0.163 e. The first-order chi connectivity index (χ1) is 14.1. The van der Waals surface area contributed by atoms with Gasteiger partial charge in [0, 0.05) is 12.0 Å². The molecule has 0 N–H and O–H groups in total. The van der Waals surface area contributed by atoms with Crippen LogP contribution in [0.2, 0.25) is 5.15 Å². The highest BCUT2D eigenvalue weighted by Crippen LogP contribution is 2.39. The Kier molecular flexibility index (Phi) is 4.28. The van der Waals surface area contributed by atoms with E-state index in [1.165, 1.54) is 18.5 Å². The van der Waals surface area contributed by atoms with Gasteiger partial charge in [-0.15, -0.1) is 0 Å². The molecule has 1 unspecified atom stereocenters. The van der Waals surface area contributed by atoms with Crippen LogP contribution < -0.4 is 4.74 Å². The average Bonchev–Trinajstić information content (AvgIpc) is 3.18. The van der Waals surface area contributed by atoms with Gasteiger partial charge in [0.1, 0.15) is 34.8 Å². The van der Waals surface area contributed by atoms with Crippen LogP contribution >= 0.6 is 11.6 Å². The first kappa shape index (κ1) is 17.8. The molecule has 144 valence electrons. The normalized spacial score (nSPS) is 14.6. The molecule has 0 spiro atoms. The van der Waals surface area contributed by atoms with Gasteiger partial charge in [0.05, 0.1) is 11.6 Å². The quantitative estimate of drug-likeness (QED) is 0.437. The van der Waals surface area contributed by atoms with Crippen LogP contribution in [0.15, 0.2) is 66.8 Å². The number of aromatic nitrogens is 4. The summed E-state index contributed by atoms with van der Waals surface area (Å²) in [5, 5.41) is 5.50. The number of ether oxygens (including phenoxy) is 1. The molecule has 0 saturated heterocycles. The Bertz CT molecular complexity index is 1270. The zero-order chi connectivity index (χ0) is 20.0. The fourth-order valence-electron chi connectivity index (χ4n) is 3.69. The number of nitrogens with zero attached hydrogens (tertiary/aromatic N) is 4. The lowest BCUT2D eigenvalue weighted by atomic mass is 9.92. The van der Waals surface area contributed by atoms with Crippen molar-refractivity contribution in [1.82, 2.24) is 19.7 Å². The molecule has 5 rings (SSSR count). The molecule has 4 aromatic rings. The Morgan fingerprint density at radius 2 is 2.00 bits per heavy atom. The minimum Gasteiger partial charge on any atom is -0.459 e. The van der Waals surface area contributed by atoms with E-state index in [1.54, 1.807) is 16.9 Å². The Morgan fingerprint density at radius 3 is 2.86 bits per heavy atom. The molecule has 1 aliphatic heterocycles. The Morgan fingerprint density at radius 1 is 1.14 bits per heavy atom. The van der Waals surface area contributed by atoms with Crippen LogP contribution in [0.3, 0.4) is 0 Å². The lowest BCUT2D eigenvalue weighted by Gasteiger charge is -2.27. The van der Waals surface area contributed by atoms with Gasteiger partial charge in [0.15, 0.2) is 5.65 Å². The lowest BCUT2D eigenvalue weighted by Crippen LogP contribution is -2.20. The van der Waals surface area contributed by atoms with Crippen molar-refractivity contribution in [3.63, 3.8) is 0 Å². The average molecular weight is 407 g/mol. The van der Waals surface area contributed by atoms with Crippen LogP contribution in [0.5, 0.6) is 5.75 Å². The van der Waals surface area contributed by atoms with Gasteiger partial charge in [-0.2, -0.15) is 5.10 Å². The molecule has 0 fully saturated rings. The summed E-state index contributed by atoms with van der Waals surface area (Å²) < 4.78 is 22.0. The van der Waals surface area contributed by atoms with Crippen LogP contribution in [-0.4, -0.2) is 19.7 Å². The first-order valence-electron chi connectivity index (χ1n) is 9.20. The zero-order valence-corrected chi connectivity index (χ0v) is 16.3. The van der Waals surface area contributed by atoms with Crippen LogP contribution in [0, 0.1) is 5.82 Å². The van der Waals surface area contributed by atoms with Crippen molar-refractivity contribution in [3.05, 3.63) is 88.9 Å². The summed E-state index contributed by atoms with van der Waals surface area (Å²) in [6, 6.07) is 14.1. The largest absolute Gasteiger partial charge is 0.459 e. The van der Waals surface area contributed by atoms with Gasteiger partial charge in [0.25, 0.3) is 0 Å². The van der Waals surface area contributed by atoms with Gasteiger partial charge >= 0.3 is 0 Å². The van der Waals surface area contributed by atoms with E-state index >= 15 is 0 Å². The predicted molar refractivity (Wildman–Crippen MR) is 109 cm³/mol. The molecule has 3 heterocycles. The number of hydrogen-bond acceptors (Lipinski definition) is 4. The van der Waals surface area contributed by atoms with Crippen LogP contribution in [0.1, 0.15) is 24.1 Å². The van der Waals surface area contributed by atoms with E-state index in [0.29, 0.717) is 28.4 Å². The third kappa shape index (κ3) is 3.06. The second-order valence-electron chi connectivity index (χ2n) is 6.91. The van der Waals surface area contributed by atoms with Crippen molar-refractivity contribution >= 4 is 28.2 Å². The molecule has 0 aliphatic carbocycles. The van der Waals surface area contributed by atoms with Crippen molar-refractivity contribution in [1.29, 1.82) is 0 Å². The number of halogens is 2. The maximum atomic E-state index is 14.0. The molecule has 0 amide bonds. The Balaban J connectivity index is 1.68. The predicted octanol–water partition coefficient (Wildman–Crippen LogP) is 5.23. The summed E-state index contributed by atoms with van der Waals surface area (Å²) in [5.41, 5.74) is 3.37. The smallest absolute Gasteiger partial charge is 0.163 e. The van der Waals surface area contributed by atoms with E-state index in [4.69, 9.17) is 16.3 Å². The number of benzene rings is 2. The SMILES string of the molecule is CC(C1=C(c2cccc(F)c2)Cc2ccccc2O1)n1ncc2c(Cl)ncnc21. The molecular formula is C22H16ClFN4O. The van der Waals surface area contributed by atoms with Crippen LogP contribution in [0.4, 0.5) is 4.39 Å². The molecule has 2 aromatic heterocycles. The van der Waals surface area contributed by atoms with Gasteiger partial charge in [-0.05, 0) is 36.2 Å². The third-order valence-corrected chi connectivity index (χ3v) is 5.42. The highest BCUT2D eigenvalue weighted by atomic mass is 35.5. The van der Waals surface area contributed by atoms with Gasteiger partial charge in [0.2, 0.25) is 0 Å². The summed E-state index contributed by atoms with van der Waals surface area (Å²) in [7, 11) is 0. The molecule has 0 radical (unpaired) electrons. The minimum absolute atomic E-state index is 0.287. The molecule has 0 saturated carbocycles. The van der Waals surface area contributed by atoms with E-state index in [9.17, 15) is 4.39 Å². The molecule has 29 heavy (non-hydrogen) atoms. The standard InChI is InChI=1S/C22H16ClFN4O/c1-13(28-22-18(11-27-28)21(23)25-12-26-22)20-17(14-6-4-7-16(24)9-14)10-15-5-2-3-8-19(15)29-20/h2-9,11-13H,10H2,1H3. The molecule has 0 bridgehead atoms. The van der Waals surface area contributed by atoms with Crippen molar-refractivity contribution in [3.8, 4) is 5.75 Å². The second kappa shape index (κ2) is 6.97. The zero-order valence-electron chi connectivity index (χ0n) is 15.5. The molecule has 2 aromatic carbocycles. The fourth-order valence-corrected chi connectivity index (χ4v) is 3.87. The number of hydrogen-bond donors (Lipinski definition) is 0. The summed E-state index contributed by atoms with van der Waals surface area (Å²) in [6.07, 6.45) is 3.69. The number of allylic oxidation sites excluding steroid dienone is 2. The molecule has 1 atom stereocenters. The third-order valence-electron chi connectivity index (χ3n) is 5.12. The monoisotopic (exact) mass is 406 g/mol. The number of fused-ring (bicyclic) bond motifs is 2. The van der Waals surface area contributed by atoms with E-state index in [-0.39, 0.29) is 11.9 Å². The van der Waals surface area contributed by atoms with Crippen molar-refractivity contribution in [2.24, 2.45) is 0 Å². The molecular weight excluding hydrogens is 391 g/mol. The highest BCUT2D eigenvalue weighted by Gasteiger charge is 2.27. The maximum absolute atomic E-state index is 14.0. The van der Waals surface area contributed by atoms with E-state index < -0.39 is 0 Å². The molecule has 7 heteroatoms. The highest BCUT2D eigenvalue weighted by molar-refractivity contribution is 6.33. The lowest BCUT2D eigenvalue weighted by molar-refractivity contribution is 0.338. The summed E-state index contributed by atoms with van der Waals surface area (Å²) in [4.78, 5) is 8.35. The number of para-hydroxylation sites is 1. The van der Waals surface area contributed by atoms with E-state index in [1.807, 2.05) is 37.3 Å². The molecule has 5 nitrogen and oxygen atoms in total. The van der Waals surface area contributed by atoms with Crippen LogP contribution in [-0.2, 0) is 6.42 Å². The summed E-state index contributed by atoms with van der Waals surface area (Å²) in [5.74, 6) is 1.21.